The Morgan fingerprint density at radius 1 is 1.43 bits per heavy atom. The maximum atomic E-state index is 13.5. The Hall–Kier alpha value is -1.38. The Bertz CT molecular complexity index is 621. The lowest BCUT2D eigenvalue weighted by molar-refractivity contribution is 0.165. The number of aromatic nitrogens is 2. The molecule has 2 aromatic rings. The quantitative estimate of drug-likeness (QED) is 0.801. The molecule has 21 heavy (non-hydrogen) atoms. The van der Waals surface area contributed by atoms with Crippen LogP contribution in [-0.4, -0.2) is 36.9 Å². The van der Waals surface area contributed by atoms with Crippen molar-refractivity contribution in [3.05, 3.63) is 34.1 Å². The third-order valence-corrected chi connectivity index (χ3v) is 3.72. The summed E-state index contributed by atoms with van der Waals surface area (Å²) < 4.78 is 36.8. The first kappa shape index (κ1) is 16.0. The highest BCUT2D eigenvalue weighted by Crippen LogP contribution is 2.30. The Labute approximate surface area is 128 Å². The van der Waals surface area contributed by atoms with Gasteiger partial charge in [-0.25, -0.2) is 8.78 Å². The maximum absolute atomic E-state index is 13.5. The summed E-state index contributed by atoms with van der Waals surface area (Å²) in [6.45, 7) is 0.489. The number of benzene rings is 1. The molecule has 1 N–H and O–H groups in total. The van der Waals surface area contributed by atoms with Crippen LogP contribution in [0.1, 0.15) is 5.89 Å². The number of methoxy groups -OCH3 is 1. The first-order chi connectivity index (χ1) is 10.1. The summed E-state index contributed by atoms with van der Waals surface area (Å²) >= 11 is 3.00. The first-order valence-corrected chi connectivity index (χ1v) is 6.98. The molecule has 1 aromatic heterocycles. The van der Waals surface area contributed by atoms with Crippen LogP contribution in [0.4, 0.5) is 8.78 Å². The minimum Gasteiger partial charge on any atom is -0.383 e. The van der Waals surface area contributed by atoms with Gasteiger partial charge in [-0.05, 0) is 35.1 Å². The minimum atomic E-state index is -0.980. The lowest BCUT2D eigenvalue weighted by Gasteiger charge is -2.11. The van der Waals surface area contributed by atoms with Gasteiger partial charge >= 0.3 is 0 Å². The lowest BCUT2D eigenvalue weighted by Crippen LogP contribution is -2.32. The van der Waals surface area contributed by atoms with Crippen molar-refractivity contribution in [1.29, 1.82) is 0 Å². The molecule has 0 amide bonds. The molecule has 0 saturated heterocycles. The maximum Gasteiger partial charge on any atom is 0.228 e. The molecule has 2 rings (SSSR count). The molecule has 8 heteroatoms. The van der Waals surface area contributed by atoms with Crippen molar-refractivity contribution < 1.29 is 18.0 Å². The standard InChI is InChI=1S/C13H14BrF2N3O2/c1-17-7(6-20-2)5-10-18-13(19-21-10)8-3-4-9(15)12(16)11(8)14/h3-4,7,17H,5-6H2,1-2H3. The number of hydrogen-bond donors (Lipinski definition) is 1. The molecule has 0 spiro atoms. The Kier molecular flexibility index (Phi) is 5.38. The van der Waals surface area contributed by atoms with E-state index in [2.05, 4.69) is 31.4 Å². The molecule has 0 saturated carbocycles. The summed E-state index contributed by atoms with van der Waals surface area (Å²) in [7, 11) is 3.40. The summed E-state index contributed by atoms with van der Waals surface area (Å²) in [5, 5.41) is 6.85. The summed E-state index contributed by atoms with van der Waals surface area (Å²) in [5.74, 6) is -1.34. The van der Waals surface area contributed by atoms with Crippen molar-refractivity contribution in [2.75, 3.05) is 20.8 Å². The van der Waals surface area contributed by atoms with Crippen molar-refractivity contribution in [2.24, 2.45) is 0 Å². The van der Waals surface area contributed by atoms with E-state index in [1.54, 1.807) is 14.2 Å². The fourth-order valence-corrected chi connectivity index (χ4v) is 2.30. The van der Waals surface area contributed by atoms with Crippen LogP contribution in [0.2, 0.25) is 0 Å². The normalized spacial score (nSPS) is 12.6. The number of halogens is 3. The number of hydrogen-bond acceptors (Lipinski definition) is 5. The van der Waals surface area contributed by atoms with Crippen molar-refractivity contribution in [3.63, 3.8) is 0 Å². The van der Waals surface area contributed by atoms with Crippen molar-refractivity contribution in [3.8, 4) is 11.4 Å². The van der Waals surface area contributed by atoms with Crippen LogP contribution >= 0.6 is 15.9 Å². The second-order valence-electron chi connectivity index (χ2n) is 4.38. The van der Waals surface area contributed by atoms with E-state index in [-0.39, 0.29) is 16.3 Å². The number of likely N-dealkylation sites (N-methyl/N-ethyl adjacent to an activating group) is 1. The van der Waals surface area contributed by atoms with Gasteiger partial charge < -0.3 is 14.6 Å². The van der Waals surface area contributed by atoms with E-state index in [1.807, 2.05) is 0 Å². The molecular weight excluding hydrogens is 348 g/mol. The lowest BCUT2D eigenvalue weighted by atomic mass is 10.2. The summed E-state index contributed by atoms with van der Waals surface area (Å²) in [6.07, 6.45) is 0.471. The van der Waals surface area contributed by atoms with E-state index in [0.29, 0.717) is 24.5 Å². The van der Waals surface area contributed by atoms with Crippen LogP contribution in [0, 0.1) is 11.6 Å². The highest BCUT2D eigenvalue weighted by atomic mass is 79.9. The van der Waals surface area contributed by atoms with E-state index >= 15 is 0 Å². The zero-order valence-electron chi connectivity index (χ0n) is 11.5. The highest BCUT2D eigenvalue weighted by molar-refractivity contribution is 9.10. The number of ether oxygens (including phenoxy) is 1. The molecule has 0 bridgehead atoms. The molecule has 0 aliphatic rings. The average Bonchev–Trinajstić information content (AvgIpc) is 2.92. The van der Waals surface area contributed by atoms with Crippen LogP contribution in [-0.2, 0) is 11.2 Å². The van der Waals surface area contributed by atoms with Gasteiger partial charge in [0.25, 0.3) is 0 Å². The monoisotopic (exact) mass is 361 g/mol. The molecule has 5 nitrogen and oxygen atoms in total. The largest absolute Gasteiger partial charge is 0.383 e. The predicted octanol–water partition coefficient (Wildman–Crippen LogP) is 2.55. The van der Waals surface area contributed by atoms with E-state index in [0.717, 1.165) is 6.07 Å². The van der Waals surface area contributed by atoms with Crippen molar-refractivity contribution in [2.45, 2.75) is 12.5 Å². The van der Waals surface area contributed by atoms with Gasteiger partial charge in [0.05, 0.1) is 11.1 Å². The minimum absolute atomic E-state index is 0.0247. The predicted molar refractivity (Wildman–Crippen MR) is 75.8 cm³/mol. The SMILES string of the molecule is CNC(COC)Cc1nc(-c2ccc(F)c(F)c2Br)no1. The van der Waals surface area contributed by atoms with Gasteiger partial charge in [0.2, 0.25) is 11.7 Å². The van der Waals surface area contributed by atoms with Gasteiger partial charge in [0, 0.05) is 25.1 Å². The van der Waals surface area contributed by atoms with Crippen LogP contribution < -0.4 is 5.32 Å². The van der Waals surface area contributed by atoms with E-state index < -0.39 is 11.6 Å². The number of nitrogens with one attached hydrogen (secondary N) is 1. The van der Waals surface area contributed by atoms with Gasteiger partial charge in [-0.1, -0.05) is 5.16 Å². The smallest absolute Gasteiger partial charge is 0.228 e. The Morgan fingerprint density at radius 3 is 2.86 bits per heavy atom. The third kappa shape index (κ3) is 3.63. The van der Waals surface area contributed by atoms with Gasteiger partial charge in [-0.3, -0.25) is 0 Å². The van der Waals surface area contributed by atoms with E-state index in [4.69, 9.17) is 9.26 Å². The fraction of sp³-hybridized carbons (Fsp3) is 0.385. The van der Waals surface area contributed by atoms with Gasteiger partial charge in [-0.2, -0.15) is 4.98 Å². The Balaban J connectivity index is 2.22. The molecular formula is C13H14BrF2N3O2. The molecule has 1 heterocycles. The number of rotatable bonds is 6. The Morgan fingerprint density at radius 2 is 2.19 bits per heavy atom. The van der Waals surface area contributed by atoms with Gasteiger partial charge in [-0.15, -0.1) is 0 Å². The molecule has 1 aromatic carbocycles. The number of nitrogens with zero attached hydrogens (tertiary/aromatic N) is 2. The molecule has 1 atom stereocenters. The molecule has 0 fully saturated rings. The van der Waals surface area contributed by atoms with Crippen LogP contribution in [0.3, 0.4) is 0 Å². The summed E-state index contributed by atoms with van der Waals surface area (Å²) in [6, 6.07) is 2.44. The zero-order valence-corrected chi connectivity index (χ0v) is 13.1. The van der Waals surface area contributed by atoms with Crippen molar-refractivity contribution in [1.82, 2.24) is 15.5 Å². The summed E-state index contributed by atoms with van der Waals surface area (Å²) in [5.41, 5.74) is 0.330. The van der Waals surface area contributed by atoms with E-state index in [1.165, 1.54) is 6.07 Å². The summed E-state index contributed by atoms with van der Waals surface area (Å²) in [4.78, 5) is 4.19. The average molecular weight is 362 g/mol. The second kappa shape index (κ2) is 7.06. The fourth-order valence-electron chi connectivity index (χ4n) is 1.80. The second-order valence-corrected chi connectivity index (χ2v) is 5.17. The van der Waals surface area contributed by atoms with Crippen LogP contribution in [0.25, 0.3) is 11.4 Å². The van der Waals surface area contributed by atoms with Gasteiger partial charge in [0.15, 0.2) is 11.6 Å². The zero-order chi connectivity index (χ0) is 15.4. The molecule has 0 radical (unpaired) electrons. The highest BCUT2D eigenvalue weighted by Gasteiger charge is 2.18. The topological polar surface area (TPSA) is 60.2 Å². The first-order valence-electron chi connectivity index (χ1n) is 6.19. The molecule has 0 aliphatic carbocycles. The molecule has 0 aliphatic heterocycles. The molecule has 1 unspecified atom stereocenters. The van der Waals surface area contributed by atoms with Crippen LogP contribution in [0.5, 0.6) is 0 Å². The third-order valence-electron chi connectivity index (χ3n) is 2.94. The van der Waals surface area contributed by atoms with E-state index in [9.17, 15) is 8.78 Å². The molecule has 114 valence electrons. The van der Waals surface area contributed by atoms with Gasteiger partial charge in [0.1, 0.15) is 0 Å². The van der Waals surface area contributed by atoms with Crippen LogP contribution in [0.15, 0.2) is 21.1 Å². The van der Waals surface area contributed by atoms with Crippen molar-refractivity contribution >= 4 is 15.9 Å².